The smallest absolute Gasteiger partial charge is 0.383 e. The van der Waals surface area contributed by atoms with Crippen LogP contribution in [0.25, 0.3) is 11.3 Å². The van der Waals surface area contributed by atoms with Crippen LogP contribution < -0.4 is 11.1 Å². The number of benzene rings is 1. The Morgan fingerprint density at radius 3 is 2.20 bits per heavy atom. The average molecular weight is 427 g/mol. The van der Waals surface area contributed by atoms with Crippen LogP contribution in [0.4, 0.5) is 33.5 Å². The Kier molecular flexibility index (Phi) is 6.75. The second kappa shape index (κ2) is 8.89. The van der Waals surface area contributed by atoms with Crippen LogP contribution in [0.3, 0.4) is 0 Å². The fraction of sp³-hybridized carbons (Fsp3) is 0.211. The highest BCUT2D eigenvalue weighted by molar-refractivity contribution is 6.03. The normalized spacial score (nSPS) is 10.9. The third-order valence-corrected chi connectivity index (χ3v) is 3.80. The van der Waals surface area contributed by atoms with Gasteiger partial charge in [-0.2, -0.15) is 18.3 Å². The van der Waals surface area contributed by atoms with Crippen LogP contribution in [0.2, 0.25) is 0 Å². The van der Waals surface area contributed by atoms with Crippen molar-refractivity contribution in [3.63, 3.8) is 0 Å². The molecule has 0 aliphatic rings. The number of hydrogen-bond acceptors (Lipinski definition) is 4. The lowest BCUT2D eigenvalue weighted by molar-refractivity contribution is -0.141. The highest BCUT2D eigenvalue weighted by Crippen LogP contribution is 2.33. The number of alkyl halides is 3. The van der Waals surface area contributed by atoms with Gasteiger partial charge in [-0.15, -0.1) is 0 Å². The number of nitrogens with two attached hydrogens (primary N) is 1. The number of nitrogens with one attached hydrogen (secondary N) is 1. The lowest BCUT2D eigenvalue weighted by Gasteiger charge is -2.09. The van der Waals surface area contributed by atoms with E-state index in [2.05, 4.69) is 10.1 Å². The molecule has 0 unspecified atom stereocenters. The van der Waals surface area contributed by atoms with E-state index in [0.29, 0.717) is 0 Å². The van der Waals surface area contributed by atoms with Crippen LogP contribution in [-0.2, 0) is 13.2 Å². The number of nitrogens with zero attached hydrogens (tertiary/aromatic N) is 3. The third-order valence-electron chi connectivity index (χ3n) is 3.80. The number of amides is 1. The second-order valence-corrected chi connectivity index (χ2v) is 5.72. The summed E-state index contributed by atoms with van der Waals surface area (Å²) in [7, 11) is 1.30. The summed E-state index contributed by atoms with van der Waals surface area (Å²) < 4.78 is 66.7. The molecule has 0 fully saturated rings. The molecule has 30 heavy (non-hydrogen) atoms. The number of anilines is 2. The van der Waals surface area contributed by atoms with E-state index in [4.69, 9.17) is 5.73 Å². The zero-order valence-electron chi connectivity index (χ0n) is 16.2. The maximum atomic E-state index is 13.6. The van der Waals surface area contributed by atoms with Gasteiger partial charge in [-0.3, -0.25) is 9.48 Å². The van der Waals surface area contributed by atoms with E-state index >= 15 is 0 Å². The van der Waals surface area contributed by atoms with Crippen molar-refractivity contribution in [1.82, 2.24) is 14.8 Å². The molecular formula is C19H18F5N5O. The quantitative estimate of drug-likeness (QED) is 0.597. The SMILES string of the molecule is CC.Cn1nc(C(F)(F)F)cc1-c1ccc(C(=O)Nc2c(F)cccc2F)nc1N. The maximum Gasteiger partial charge on any atom is 0.435 e. The summed E-state index contributed by atoms with van der Waals surface area (Å²) in [6.45, 7) is 4.00. The van der Waals surface area contributed by atoms with Crippen LogP contribution in [0.1, 0.15) is 30.0 Å². The predicted molar refractivity (Wildman–Crippen MR) is 102 cm³/mol. The number of aryl methyl sites for hydroxylation is 1. The van der Waals surface area contributed by atoms with E-state index < -0.39 is 35.1 Å². The second-order valence-electron chi connectivity index (χ2n) is 5.72. The van der Waals surface area contributed by atoms with Gasteiger partial charge in [0.05, 0.1) is 5.69 Å². The Morgan fingerprint density at radius 2 is 1.70 bits per heavy atom. The van der Waals surface area contributed by atoms with Crippen LogP contribution in [0.5, 0.6) is 0 Å². The summed E-state index contributed by atoms with van der Waals surface area (Å²) in [5.74, 6) is -3.15. The number of carbonyl (C=O) groups is 1. The molecule has 3 aromatic rings. The molecule has 160 valence electrons. The number of pyridine rings is 1. The van der Waals surface area contributed by atoms with Crippen molar-refractivity contribution >= 4 is 17.4 Å². The minimum absolute atomic E-state index is 0.0319. The van der Waals surface area contributed by atoms with Crippen molar-refractivity contribution in [3.8, 4) is 11.3 Å². The number of halogens is 5. The summed E-state index contributed by atoms with van der Waals surface area (Å²) in [6, 6.07) is 6.29. The van der Waals surface area contributed by atoms with Crippen molar-refractivity contribution in [2.75, 3.05) is 11.1 Å². The van der Waals surface area contributed by atoms with Crippen LogP contribution in [0, 0.1) is 11.6 Å². The van der Waals surface area contributed by atoms with E-state index in [-0.39, 0.29) is 22.8 Å². The molecule has 11 heteroatoms. The van der Waals surface area contributed by atoms with Gasteiger partial charge in [-0.05, 0) is 30.3 Å². The summed E-state index contributed by atoms with van der Waals surface area (Å²) in [5.41, 5.74) is 3.87. The van der Waals surface area contributed by atoms with E-state index in [0.717, 1.165) is 28.9 Å². The highest BCUT2D eigenvalue weighted by atomic mass is 19.4. The van der Waals surface area contributed by atoms with Gasteiger partial charge >= 0.3 is 6.18 Å². The summed E-state index contributed by atoms with van der Waals surface area (Å²) in [4.78, 5) is 16.0. The maximum absolute atomic E-state index is 13.6. The Labute approximate surface area is 168 Å². The van der Waals surface area contributed by atoms with Gasteiger partial charge in [-0.25, -0.2) is 13.8 Å². The standard InChI is InChI=1S/C17H12F5N5O.C2H6/c1-27-12(7-13(26-27)17(20,21)22)8-5-6-11(24-15(8)23)16(28)25-14-9(18)3-2-4-10(14)19;1-2/h2-7H,1H3,(H2,23,24)(H,25,28);1-2H3. The fourth-order valence-electron chi connectivity index (χ4n) is 2.47. The first-order chi connectivity index (χ1) is 14.1. The first-order valence-corrected chi connectivity index (χ1v) is 8.71. The first kappa shape index (κ1) is 22.8. The van der Waals surface area contributed by atoms with E-state index in [1.165, 1.54) is 19.2 Å². The molecule has 2 heterocycles. The molecule has 0 atom stereocenters. The summed E-state index contributed by atoms with van der Waals surface area (Å²) >= 11 is 0. The number of rotatable bonds is 3. The Hall–Kier alpha value is -3.50. The van der Waals surface area contributed by atoms with Gasteiger partial charge in [0.1, 0.15) is 28.8 Å². The lowest BCUT2D eigenvalue weighted by atomic mass is 10.1. The molecule has 2 aromatic heterocycles. The zero-order valence-corrected chi connectivity index (χ0v) is 16.2. The van der Waals surface area contributed by atoms with Crippen molar-refractivity contribution in [2.24, 2.45) is 7.05 Å². The molecule has 0 saturated carbocycles. The topological polar surface area (TPSA) is 85.8 Å². The Bertz CT molecular complexity index is 1040. The molecular weight excluding hydrogens is 409 g/mol. The van der Waals surface area contributed by atoms with Crippen molar-refractivity contribution < 1.29 is 26.7 Å². The minimum Gasteiger partial charge on any atom is -0.383 e. The highest BCUT2D eigenvalue weighted by Gasteiger charge is 2.35. The number of nitrogen functional groups attached to an aromatic ring is 1. The number of aromatic nitrogens is 3. The van der Waals surface area contributed by atoms with E-state index in [9.17, 15) is 26.7 Å². The van der Waals surface area contributed by atoms with Crippen LogP contribution >= 0.6 is 0 Å². The number of carbonyl (C=O) groups excluding carboxylic acids is 1. The predicted octanol–water partition coefficient (Wildman–Crippen LogP) is 4.64. The Morgan fingerprint density at radius 1 is 1.10 bits per heavy atom. The van der Waals surface area contributed by atoms with Crippen molar-refractivity contribution in [3.05, 3.63) is 59.4 Å². The van der Waals surface area contributed by atoms with Gasteiger partial charge in [0, 0.05) is 12.6 Å². The fourth-order valence-corrected chi connectivity index (χ4v) is 2.47. The number of hydrogen-bond donors (Lipinski definition) is 2. The minimum atomic E-state index is -4.64. The monoisotopic (exact) mass is 427 g/mol. The zero-order chi connectivity index (χ0) is 22.6. The molecule has 0 aliphatic carbocycles. The van der Waals surface area contributed by atoms with E-state index in [1.807, 2.05) is 19.2 Å². The van der Waals surface area contributed by atoms with Crippen molar-refractivity contribution in [2.45, 2.75) is 20.0 Å². The molecule has 1 amide bonds. The Balaban J connectivity index is 0.00000155. The van der Waals surface area contributed by atoms with Gasteiger partial charge < -0.3 is 11.1 Å². The third kappa shape index (κ3) is 4.73. The molecule has 0 bridgehead atoms. The molecule has 0 saturated heterocycles. The number of para-hydroxylation sites is 1. The molecule has 0 spiro atoms. The summed E-state index contributed by atoms with van der Waals surface area (Å²) in [6.07, 6.45) is -4.64. The van der Waals surface area contributed by atoms with Gasteiger partial charge in [0.15, 0.2) is 5.69 Å². The molecule has 3 rings (SSSR count). The first-order valence-electron chi connectivity index (χ1n) is 8.71. The largest absolute Gasteiger partial charge is 0.435 e. The molecule has 0 aliphatic heterocycles. The van der Waals surface area contributed by atoms with Gasteiger partial charge in [0.25, 0.3) is 5.91 Å². The van der Waals surface area contributed by atoms with E-state index in [1.54, 1.807) is 0 Å². The average Bonchev–Trinajstić information content (AvgIpc) is 3.08. The van der Waals surface area contributed by atoms with Crippen LogP contribution in [0.15, 0.2) is 36.4 Å². The van der Waals surface area contributed by atoms with Crippen LogP contribution in [-0.4, -0.2) is 20.7 Å². The summed E-state index contributed by atoms with van der Waals surface area (Å²) in [5, 5.41) is 5.42. The lowest BCUT2D eigenvalue weighted by Crippen LogP contribution is -2.16. The molecule has 0 radical (unpaired) electrons. The van der Waals surface area contributed by atoms with Gasteiger partial charge in [-0.1, -0.05) is 19.9 Å². The molecule has 6 nitrogen and oxygen atoms in total. The van der Waals surface area contributed by atoms with Gasteiger partial charge in [0.2, 0.25) is 0 Å². The molecule has 1 aromatic carbocycles. The molecule has 3 N–H and O–H groups in total. The van der Waals surface area contributed by atoms with Crippen molar-refractivity contribution in [1.29, 1.82) is 0 Å².